The van der Waals surface area contributed by atoms with E-state index >= 15 is 0 Å². The van der Waals surface area contributed by atoms with Crippen molar-refractivity contribution >= 4 is 28.5 Å². The van der Waals surface area contributed by atoms with Crippen LogP contribution in [0.15, 0.2) is 48.5 Å². The number of benzene rings is 2. The van der Waals surface area contributed by atoms with Crippen LogP contribution < -0.4 is 5.32 Å². The van der Waals surface area contributed by atoms with Gasteiger partial charge in [-0.2, -0.15) is 0 Å². The zero-order chi connectivity index (χ0) is 14.8. The van der Waals surface area contributed by atoms with Gasteiger partial charge in [-0.05, 0) is 23.8 Å². The van der Waals surface area contributed by atoms with Gasteiger partial charge in [0, 0.05) is 11.9 Å². The fourth-order valence-corrected chi connectivity index (χ4v) is 2.46. The molecule has 5 heteroatoms. The maximum Gasteiger partial charge on any atom is 0.217 e. The average molecular weight is 300 g/mol. The molecule has 0 fully saturated rings. The Labute approximate surface area is 127 Å². The lowest BCUT2D eigenvalue weighted by molar-refractivity contribution is -0.119. The summed E-state index contributed by atoms with van der Waals surface area (Å²) in [6.45, 7) is 1.50. The van der Waals surface area contributed by atoms with Gasteiger partial charge in [-0.25, -0.2) is 4.98 Å². The molecule has 2 N–H and O–H groups in total. The Kier molecular flexibility index (Phi) is 3.62. The number of aromatic amines is 1. The van der Waals surface area contributed by atoms with E-state index in [0.717, 1.165) is 16.6 Å². The zero-order valence-electron chi connectivity index (χ0n) is 11.4. The summed E-state index contributed by atoms with van der Waals surface area (Å²) in [5, 5.41) is 3.56. The summed E-state index contributed by atoms with van der Waals surface area (Å²) in [5.74, 6) is 0.580. The lowest BCUT2D eigenvalue weighted by atomic mass is 10.1. The normalized spacial score (nSPS) is 12.3. The molecule has 1 amide bonds. The summed E-state index contributed by atoms with van der Waals surface area (Å²) < 4.78 is 0. The Morgan fingerprint density at radius 2 is 2.00 bits per heavy atom. The van der Waals surface area contributed by atoms with Gasteiger partial charge in [-0.1, -0.05) is 41.9 Å². The molecule has 1 heterocycles. The lowest BCUT2D eigenvalue weighted by Gasteiger charge is -2.15. The third kappa shape index (κ3) is 2.90. The van der Waals surface area contributed by atoms with Gasteiger partial charge >= 0.3 is 0 Å². The summed E-state index contributed by atoms with van der Waals surface area (Å²) in [7, 11) is 0. The van der Waals surface area contributed by atoms with E-state index in [1.807, 2.05) is 42.5 Å². The van der Waals surface area contributed by atoms with Crippen LogP contribution in [0.5, 0.6) is 0 Å². The fourth-order valence-electron chi connectivity index (χ4n) is 2.29. The molecule has 0 aliphatic carbocycles. The van der Waals surface area contributed by atoms with Gasteiger partial charge in [0.15, 0.2) is 0 Å². The maximum absolute atomic E-state index is 11.5. The molecule has 4 nitrogen and oxygen atoms in total. The van der Waals surface area contributed by atoms with Crippen LogP contribution in [0.4, 0.5) is 0 Å². The third-order valence-electron chi connectivity index (χ3n) is 3.22. The Bertz CT molecular complexity index is 783. The highest BCUT2D eigenvalue weighted by molar-refractivity contribution is 6.31. The number of halogens is 1. The molecule has 1 unspecified atom stereocenters. The van der Waals surface area contributed by atoms with E-state index in [1.54, 1.807) is 6.07 Å². The zero-order valence-corrected chi connectivity index (χ0v) is 12.2. The van der Waals surface area contributed by atoms with Gasteiger partial charge in [-0.3, -0.25) is 4.79 Å². The second kappa shape index (κ2) is 5.58. The molecule has 0 radical (unpaired) electrons. The fraction of sp³-hybridized carbons (Fsp3) is 0.125. The van der Waals surface area contributed by atoms with Crippen molar-refractivity contribution in [2.75, 3.05) is 0 Å². The van der Waals surface area contributed by atoms with Gasteiger partial charge in [0.05, 0.1) is 11.0 Å². The van der Waals surface area contributed by atoms with Crippen molar-refractivity contribution in [3.8, 4) is 0 Å². The number of fused-ring (bicyclic) bond motifs is 1. The van der Waals surface area contributed by atoms with Crippen LogP contribution in [0.1, 0.15) is 24.4 Å². The molecule has 3 rings (SSSR count). The molecule has 1 aromatic heterocycles. The van der Waals surface area contributed by atoms with E-state index in [2.05, 4.69) is 15.3 Å². The molecule has 0 saturated carbocycles. The van der Waals surface area contributed by atoms with Crippen molar-refractivity contribution in [1.29, 1.82) is 0 Å². The van der Waals surface area contributed by atoms with E-state index in [4.69, 9.17) is 11.6 Å². The molecule has 21 heavy (non-hydrogen) atoms. The SMILES string of the molecule is CC(=O)NC(c1ccccc1)c1nc2cc(Cl)ccc2[nH]1. The number of imidazole rings is 1. The largest absolute Gasteiger partial charge is 0.342 e. The predicted octanol–water partition coefficient (Wildman–Crippen LogP) is 3.44. The first-order chi connectivity index (χ1) is 10.1. The van der Waals surface area contributed by atoms with Gasteiger partial charge in [0.2, 0.25) is 5.91 Å². The molecule has 0 aliphatic rings. The molecular formula is C16H14ClN3O. The van der Waals surface area contributed by atoms with E-state index in [9.17, 15) is 4.79 Å². The molecule has 0 saturated heterocycles. The first-order valence-electron chi connectivity index (χ1n) is 6.61. The number of amides is 1. The standard InChI is InChI=1S/C16H14ClN3O/c1-10(21)18-15(11-5-3-2-4-6-11)16-19-13-8-7-12(17)9-14(13)20-16/h2-9,15H,1H3,(H,18,21)(H,19,20). The van der Waals surface area contributed by atoms with Gasteiger partial charge in [-0.15, -0.1) is 0 Å². The van der Waals surface area contributed by atoms with E-state index in [-0.39, 0.29) is 11.9 Å². The highest BCUT2D eigenvalue weighted by Gasteiger charge is 2.18. The number of rotatable bonds is 3. The molecule has 0 spiro atoms. The van der Waals surface area contributed by atoms with Crippen LogP contribution in [0.3, 0.4) is 0 Å². The number of nitrogens with one attached hydrogen (secondary N) is 2. The van der Waals surface area contributed by atoms with Crippen molar-refractivity contribution in [1.82, 2.24) is 15.3 Å². The third-order valence-corrected chi connectivity index (χ3v) is 3.45. The number of carbonyl (C=O) groups is 1. The number of H-pyrrole nitrogens is 1. The number of nitrogens with zero attached hydrogens (tertiary/aromatic N) is 1. The Balaban J connectivity index is 2.07. The second-order valence-corrected chi connectivity index (χ2v) is 5.26. The molecular weight excluding hydrogens is 286 g/mol. The minimum absolute atomic E-state index is 0.109. The summed E-state index contributed by atoms with van der Waals surface area (Å²) in [6, 6.07) is 14.9. The van der Waals surface area contributed by atoms with Crippen molar-refractivity contribution in [2.45, 2.75) is 13.0 Å². The molecule has 1 atom stereocenters. The number of carbonyl (C=O) groups excluding carboxylic acids is 1. The number of hydrogen-bond acceptors (Lipinski definition) is 2. The minimum atomic E-state index is -0.310. The van der Waals surface area contributed by atoms with Crippen molar-refractivity contribution < 1.29 is 4.79 Å². The van der Waals surface area contributed by atoms with E-state index < -0.39 is 0 Å². The Morgan fingerprint density at radius 1 is 1.24 bits per heavy atom. The quantitative estimate of drug-likeness (QED) is 0.778. The lowest BCUT2D eigenvalue weighted by Crippen LogP contribution is -2.27. The maximum atomic E-state index is 11.5. The van der Waals surface area contributed by atoms with Crippen LogP contribution in [-0.2, 0) is 4.79 Å². The smallest absolute Gasteiger partial charge is 0.217 e. The van der Waals surface area contributed by atoms with Crippen LogP contribution in [0, 0.1) is 0 Å². The first kappa shape index (κ1) is 13.6. The number of hydrogen-bond donors (Lipinski definition) is 2. The van der Waals surface area contributed by atoms with Crippen LogP contribution in [-0.4, -0.2) is 15.9 Å². The van der Waals surface area contributed by atoms with Crippen LogP contribution >= 0.6 is 11.6 Å². The molecule has 0 bridgehead atoms. The van der Waals surface area contributed by atoms with Gasteiger partial charge < -0.3 is 10.3 Å². The highest BCUT2D eigenvalue weighted by atomic mass is 35.5. The van der Waals surface area contributed by atoms with E-state index in [1.165, 1.54) is 6.92 Å². The Hall–Kier alpha value is -2.33. The predicted molar refractivity (Wildman–Crippen MR) is 83.2 cm³/mol. The average Bonchev–Trinajstić information content (AvgIpc) is 2.88. The molecule has 2 aromatic carbocycles. The minimum Gasteiger partial charge on any atom is -0.342 e. The van der Waals surface area contributed by atoms with Gasteiger partial charge in [0.25, 0.3) is 0 Å². The van der Waals surface area contributed by atoms with Crippen molar-refractivity contribution in [3.05, 3.63) is 64.9 Å². The number of aromatic nitrogens is 2. The summed E-state index contributed by atoms with van der Waals surface area (Å²) in [6.07, 6.45) is 0. The summed E-state index contributed by atoms with van der Waals surface area (Å²) in [5.41, 5.74) is 2.64. The van der Waals surface area contributed by atoms with Crippen molar-refractivity contribution in [2.24, 2.45) is 0 Å². The first-order valence-corrected chi connectivity index (χ1v) is 6.98. The van der Waals surface area contributed by atoms with Gasteiger partial charge in [0.1, 0.15) is 11.9 Å². The van der Waals surface area contributed by atoms with Crippen LogP contribution in [0.25, 0.3) is 11.0 Å². The molecule has 0 aliphatic heterocycles. The highest BCUT2D eigenvalue weighted by Crippen LogP contribution is 2.24. The topological polar surface area (TPSA) is 57.8 Å². The van der Waals surface area contributed by atoms with Crippen LogP contribution in [0.2, 0.25) is 5.02 Å². The second-order valence-electron chi connectivity index (χ2n) is 4.83. The molecule has 3 aromatic rings. The Morgan fingerprint density at radius 3 is 2.71 bits per heavy atom. The molecule has 106 valence electrons. The van der Waals surface area contributed by atoms with E-state index in [0.29, 0.717) is 10.8 Å². The summed E-state index contributed by atoms with van der Waals surface area (Å²) >= 11 is 5.99. The van der Waals surface area contributed by atoms with Crippen molar-refractivity contribution in [3.63, 3.8) is 0 Å². The monoisotopic (exact) mass is 299 g/mol. The summed E-state index contributed by atoms with van der Waals surface area (Å²) in [4.78, 5) is 19.3.